The minimum atomic E-state index is -3.76. The lowest BCUT2D eigenvalue weighted by Crippen LogP contribution is -2.49. The molecule has 1 aromatic carbocycles. The Kier molecular flexibility index (Phi) is 6.11. The van der Waals surface area contributed by atoms with Crippen LogP contribution < -0.4 is 9.80 Å². The smallest absolute Gasteiger partial charge is 0.218 e. The first-order valence-electron chi connectivity index (χ1n) is 9.74. The van der Waals surface area contributed by atoms with E-state index in [0.29, 0.717) is 26.3 Å². The molecule has 2 aliphatic heterocycles. The molecule has 2 fully saturated rings. The van der Waals surface area contributed by atoms with Crippen LogP contribution in [0.3, 0.4) is 0 Å². The Balaban J connectivity index is 1.40. The van der Waals surface area contributed by atoms with Gasteiger partial charge in [-0.1, -0.05) is 0 Å². The molecular formula is C19H23F2N5O3S. The molecule has 0 amide bonds. The van der Waals surface area contributed by atoms with Gasteiger partial charge in [-0.3, -0.25) is 0 Å². The van der Waals surface area contributed by atoms with E-state index < -0.39 is 27.4 Å². The van der Waals surface area contributed by atoms with Crippen molar-refractivity contribution in [2.75, 3.05) is 62.3 Å². The van der Waals surface area contributed by atoms with Crippen molar-refractivity contribution < 1.29 is 21.9 Å². The van der Waals surface area contributed by atoms with E-state index in [9.17, 15) is 17.2 Å². The van der Waals surface area contributed by atoms with E-state index in [4.69, 9.17) is 4.74 Å². The summed E-state index contributed by atoms with van der Waals surface area (Å²) in [5.74, 6) is -0.396. The molecular weight excluding hydrogens is 416 g/mol. The number of hydrogen-bond donors (Lipinski definition) is 0. The van der Waals surface area contributed by atoms with Crippen LogP contribution in [0.1, 0.15) is 5.56 Å². The minimum absolute atomic E-state index is 0.164. The number of hydrogen-bond acceptors (Lipinski definition) is 7. The summed E-state index contributed by atoms with van der Waals surface area (Å²) in [7, 11) is -3.76. The number of aromatic nitrogens is 2. The monoisotopic (exact) mass is 439 g/mol. The fourth-order valence-corrected chi connectivity index (χ4v) is 5.13. The SMILES string of the molecule is O=S(=O)(Cc1cc(F)ccc1F)N1CCN(c2cc(N3CCOCC3)ncn2)CC1. The van der Waals surface area contributed by atoms with Crippen LogP contribution in [0.15, 0.2) is 30.6 Å². The summed E-state index contributed by atoms with van der Waals surface area (Å²) in [6, 6.07) is 4.74. The number of rotatable bonds is 5. The molecule has 0 aliphatic carbocycles. The first-order chi connectivity index (χ1) is 14.4. The number of sulfonamides is 1. The third kappa shape index (κ3) is 4.68. The number of nitrogens with zero attached hydrogens (tertiary/aromatic N) is 5. The number of benzene rings is 1. The van der Waals surface area contributed by atoms with Crippen molar-refractivity contribution in [2.24, 2.45) is 0 Å². The van der Waals surface area contributed by atoms with Crippen molar-refractivity contribution in [3.63, 3.8) is 0 Å². The van der Waals surface area contributed by atoms with Gasteiger partial charge in [0.25, 0.3) is 0 Å². The molecule has 1 aromatic heterocycles. The van der Waals surface area contributed by atoms with Gasteiger partial charge >= 0.3 is 0 Å². The Morgan fingerprint density at radius 2 is 1.53 bits per heavy atom. The quantitative estimate of drug-likeness (QED) is 0.694. The first kappa shape index (κ1) is 20.9. The molecule has 0 atom stereocenters. The number of ether oxygens (including phenoxy) is 1. The maximum Gasteiger partial charge on any atom is 0.218 e. The van der Waals surface area contributed by atoms with Crippen molar-refractivity contribution in [3.8, 4) is 0 Å². The Morgan fingerprint density at radius 3 is 2.20 bits per heavy atom. The zero-order valence-corrected chi connectivity index (χ0v) is 17.2. The van der Waals surface area contributed by atoms with Gasteiger partial charge in [-0.05, 0) is 18.2 Å². The minimum Gasteiger partial charge on any atom is -0.378 e. The predicted molar refractivity (Wildman–Crippen MR) is 108 cm³/mol. The predicted octanol–water partition coefficient (Wildman–Crippen LogP) is 1.24. The molecule has 30 heavy (non-hydrogen) atoms. The van der Waals surface area contributed by atoms with E-state index >= 15 is 0 Å². The van der Waals surface area contributed by atoms with Gasteiger partial charge in [-0.25, -0.2) is 27.2 Å². The van der Waals surface area contributed by atoms with Gasteiger partial charge < -0.3 is 14.5 Å². The molecule has 0 unspecified atom stereocenters. The maximum atomic E-state index is 13.9. The number of piperazine rings is 1. The lowest BCUT2D eigenvalue weighted by Gasteiger charge is -2.35. The van der Waals surface area contributed by atoms with Gasteiger partial charge in [0.1, 0.15) is 29.6 Å². The summed E-state index contributed by atoms with van der Waals surface area (Å²) in [6.07, 6.45) is 1.51. The van der Waals surface area contributed by atoms with Crippen molar-refractivity contribution in [3.05, 3.63) is 47.8 Å². The molecule has 0 N–H and O–H groups in total. The molecule has 0 saturated carbocycles. The van der Waals surface area contributed by atoms with Gasteiger partial charge in [0.15, 0.2) is 0 Å². The van der Waals surface area contributed by atoms with Crippen LogP contribution in [0.5, 0.6) is 0 Å². The van der Waals surface area contributed by atoms with E-state index in [1.54, 1.807) is 0 Å². The molecule has 162 valence electrons. The van der Waals surface area contributed by atoms with E-state index in [1.807, 2.05) is 11.0 Å². The van der Waals surface area contributed by atoms with Crippen LogP contribution >= 0.6 is 0 Å². The summed E-state index contributed by atoms with van der Waals surface area (Å²) < 4.78 is 59.3. The average molecular weight is 439 g/mol. The highest BCUT2D eigenvalue weighted by Crippen LogP contribution is 2.22. The molecule has 8 nitrogen and oxygen atoms in total. The normalized spacial score (nSPS) is 18.6. The highest BCUT2D eigenvalue weighted by molar-refractivity contribution is 7.88. The molecule has 2 aromatic rings. The fourth-order valence-electron chi connectivity index (χ4n) is 3.61. The summed E-state index contributed by atoms with van der Waals surface area (Å²) in [4.78, 5) is 12.8. The molecule has 11 heteroatoms. The molecule has 0 spiro atoms. The second-order valence-corrected chi connectivity index (χ2v) is 9.18. The topological polar surface area (TPSA) is 78.9 Å². The van der Waals surface area contributed by atoms with Crippen molar-refractivity contribution in [1.82, 2.24) is 14.3 Å². The van der Waals surface area contributed by atoms with Crippen molar-refractivity contribution >= 4 is 21.7 Å². The van der Waals surface area contributed by atoms with Gasteiger partial charge in [0, 0.05) is 50.9 Å². The zero-order chi connectivity index (χ0) is 21.1. The lowest BCUT2D eigenvalue weighted by atomic mass is 10.2. The molecule has 4 rings (SSSR count). The molecule has 0 bridgehead atoms. The molecule has 2 aliphatic rings. The molecule has 0 radical (unpaired) electrons. The molecule has 3 heterocycles. The number of anilines is 2. The van der Waals surface area contributed by atoms with Crippen LogP contribution in [0, 0.1) is 11.6 Å². The fraction of sp³-hybridized carbons (Fsp3) is 0.474. The number of halogens is 2. The van der Waals surface area contributed by atoms with E-state index in [0.717, 1.165) is 42.9 Å². The second kappa shape index (κ2) is 8.78. The van der Waals surface area contributed by atoms with Crippen LogP contribution in [0.4, 0.5) is 20.4 Å². The highest BCUT2D eigenvalue weighted by Gasteiger charge is 2.29. The Bertz CT molecular complexity index is 993. The largest absolute Gasteiger partial charge is 0.378 e. The Labute approximate surface area is 174 Å². The lowest BCUT2D eigenvalue weighted by molar-refractivity contribution is 0.122. The van der Waals surface area contributed by atoms with Gasteiger partial charge in [-0.15, -0.1) is 0 Å². The molecule has 2 saturated heterocycles. The van der Waals surface area contributed by atoms with E-state index in [-0.39, 0.29) is 18.7 Å². The van der Waals surface area contributed by atoms with E-state index in [1.165, 1.54) is 10.6 Å². The second-order valence-electron chi connectivity index (χ2n) is 7.21. The number of morpholine rings is 1. The summed E-state index contributed by atoms with van der Waals surface area (Å²) >= 11 is 0. The van der Waals surface area contributed by atoms with Gasteiger partial charge in [0.2, 0.25) is 10.0 Å². The Morgan fingerprint density at radius 1 is 0.900 bits per heavy atom. The third-order valence-corrected chi connectivity index (χ3v) is 7.10. The van der Waals surface area contributed by atoms with Crippen molar-refractivity contribution in [1.29, 1.82) is 0 Å². The highest BCUT2D eigenvalue weighted by atomic mass is 32.2. The standard InChI is InChI=1S/C19H23F2N5O3S/c20-16-1-2-17(21)15(11-16)13-30(27,28)26-5-3-24(4-6-26)18-12-19(23-14-22-18)25-7-9-29-10-8-25/h1-2,11-12,14H,3-10,13H2. The maximum absolute atomic E-state index is 13.9. The van der Waals surface area contributed by atoms with Gasteiger partial charge in [-0.2, -0.15) is 4.31 Å². The summed E-state index contributed by atoms with van der Waals surface area (Å²) in [5.41, 5.74) is -0.164. The van der Waals surface area contributed by atoms with Crippen LogP contribution in [0.2, 0.25) is 0 Å². The zero-order valence-electron chi connectivity index (χ0n) is 16.4. The Hall–Kier alpha value is -2.37. The first-order valence-corrected chi connectivity index (χ1v) is 11.3. The van der Waals surface area contributed by atoms with Crippen molar-refractivity contribution in [2.45, 2.75) is 5.75 Å². The van der Waals surface area contributed by atoms with Crippen LogP contribution in [0.25, 0.3) is 0 Å². The summed E-state index contributed by atoms with van der Waals surface area (Å²) in [5, 5.41) is 0. The van der Waals surface area contributed by atoms with E-state index in [2.05, 4.69) is 14.9 Å². The van der Waals surface area contributed by atoms with Crippen LogP contribution in [-0.4, -0.2) is 75.2 Å². The average Bonchev–Trinajstić information content (AvgIpc) is 2.77. The van der Waals surface area contributed by atoms with Gasteiger partial charge in [0.05, 0.1) is 19.0 Å². The van der Waals surface area contributed by atoms with Crippen LogP contribution in [-0.2, 0) is 20.5 Å². The third-order valence-electron chi connectivity index (χ3n) is 5.27. The summed E-state index contributed by atoms with van der Waals surface area (Å²) in [6.45, 7) is 4.23.